The molecule has 0 aliphatic heterocycles. The standard InChI is InChI=1S/C17H30O4/c1-3-5-6-7-12(4-2)15(19)9-8-13-14(11-18)17(21)10-16(13)20/h11-14,16-17,20-21H,3-10H2,1-2H3/t12?,13-,14+,16-,17+/m1/s1. The third kappa shape index (κ3) is 5.19. The molecule has 0 heterocycles. The first-order valence-electron chi connectivity index (χ1n) is 8.39. The van der Waals surface area contributed by atoms with Crippen molar-refractivity contribution in [2.24, 2.45) is 17.8 Å². The van der Waals surface area contributed by atoms with Gasteiger partial charge >= 0.3 is 0 Å². The molecule has 21 heavy (non-hydrogen) atoms. The van der Waals surface area contributed by atoms with Gasteiger partial charge in [0.15, 0.2) is 0 Å². The van der Waals surface area contributed by atoms with Crippen LogP contribution in [0.1, 0.15) is 65.2 Å². The number of hydrogen-bond donors (Lipinski definition) is 2. The van der Waals surface area contributed by atoms with E-state index in [9.17, 15) is 19.8 Å². The number of Topliss-reactive ketones (excluding diaryl/α,β-unsaturated/α-hetero) is 1. The van der Waals surface area contributed by atoms with Crippen LogP contribution in [0.4, 0.5) is 0 Å². The highest BCUT2D eigenvalue weighted by atomic mass is 16.3. The van der Waals surface area contributed by atoms with Gasteiger partial charge in [0, 0.05) is 24.7 Å². The van der Waals surface area contributed by atoms with Crippen molar-refractivity contribution >= 4 is 12.1 Å². The molecule has 0 spiro atoms. The summed E-state index contributed by atoms with van der Waals surface area (Å²) < 4.78 is 0. The second kappa shape index (κ2) is 9.31. The quantitative estimate of drug-likeness (QED) is 0.480. The lowest BCUT2D eigenvalue weighted by Gasteiger charge is -2.20. The predicted molar refractivity (Wildman–Crippen MR) is 81.8 cm³/mol. The van der Waals surface area contributed by atoms with Gasteiger partial charge in [-0.3, -0.25) is 4.79 Å². The van der Waals surface area contributed by atoms with Gasteiger partial charge in [0.25, 0.3) is 0 Å². The highest BCUT2D eigenvalue weighted by Gasteiger charge is 2.41. The van der Waals surface area contributed by atoms with Crippen LogP contribution in [0, 0.1) is 17.8 Å². The van der Waals surface area contributed by atoms with E-state index in [1.165, 1.54) is 0 Å². The normalized spacial score (nSPS) is 30.3. The topological polar surface area (TPSA) is 74.6 Å². The number of aliphatic hydroxyl groups excluding tert-OH is 2. The minimum Gasteiger partial charge on any atom is -0.393 e. The van der Waals surface area contributed by atoms with Crippen molar-refractivity contribution in [2.45, 2.75) is 77.4 Å². The lowest BCUT2D eigenvalue weighted by Crippen LogP contribution is -2.25. The minimum atomic E-state index is -0.760. The Balaban J connectivity index is 2.45. The Morgan fingerprint density at radius 2 is 1.95 bits per heavy atom. The Labute approximate surface area is 127 Å². The van der Waals surface area contributed by atoms with E-state index in [4.69, 9.17) is 0 Å². The molecule has 1 aliphatic carbocycles. The van der Waals surface area contributed by atoms with Crippen molar-refractivity contribution in [1.29, 1.82) is 0 Å². The maximum atomic E-state index is 12.3. The summed E-state index contributed by atoms with van der Waals surface area (Å²) in [6, 6.07) is 0. The van der Waals surface area contributed by atoms with Crippen LogP contribution in [-0.4, -0.2) is 34.5 Å². The molecule has 1 rings (SSSR count). The minimum absolute atomic E-state index is 0.106. The second-order valence-electron chi connectivity index (χ2n) is 6.35. The third-order valence-corrected chi connectivity index (χ3v) is 4.90. The number of hydrogen-bond acceptors (Lipinski definition) is 4. The van der Waals surface area contributed by atoms with Crippen molar-refractivity contribution < 1.29 is 19.8 Å². The monoisotopic (exact) mass is 298 g/mol. The van der Waals surface area contributed by atoms with Crippen LogP contribution in [0.5, 0.6) is 0 Å². The van der Waals surface area contributed by atoms with E-state index in [1.54, 1.807) is 0 Å². The number of rotatable bonds is 10. The molecule has 0 bridgehead atoms. The highest BCUT2D eigenvalue weighted by molar-refractivity contribution is 5.81. The van der Waals surface area contributed by atoms with Crippen molar-refractivity contribution in [3.05, 3.63) is 0 Å². The van der Waals surface area contributed by atoms with Gasteiger partial charge in [0.05, 0.1) is 12.2 Å². The molecule has 0 saturated heterocycles. The second-order valence-corrected chi connectivity index (χ2v) is 6.35. The molecule has 122 valence electrons. The smallest absolute Gasteiger partial charge is 0.135 e. The predicted octanol–water partition coefficient (Wildman–Crippen LogP) is 2.50. The fourth-order valence-corrected chi connectivity index (χ4v) is 3.44. The number of aliphatic hydroxyl groups is 2. The van der Waals surface area contributed by atoms with E-state index in [0.29, 0.717) is 12.8 Å². The van der Waals surface area contributed by atoms with Crippen LogP contribution in [0.3, 0.4) is 0 Å². The zero-order valence-electron chi connectivity index (χ0n) is 13.3. The summed E-state index contributed by atoms with van der Waals surface area (Å²) in [5.41, 5.74) is 0. The van der Waals surface area contributed by atoms with Crippen LogP contribution >= 0.6 is 0 Å². The molecule has 1 unspecified atom stereocenters. The molecule has 4 nitrogen and oxygen atoms in total. The molecule has 1 saturated carbocycles. The molecule has 0 radical (unpaired) electrons. The van der Waals surface area contributed by atoms with Crippen LogP contribution in [0.25, 0.3) is 0 Å². The molecular weight excluding hydrogens is 268 g/mol. The zero-order chi connectivity index (χ0) is 15.8. The maximum absolute atomic E-state index is 12.3. The van der Waals surface area contributed by atoms with Gasteiger partial charge in [-0.2, -0.15) is 0 Å². The Kier molecular flexibility index (Phi) is 8.12. The Bertz CT molecular complexity index is 329. The van der Waals surface area contributed by atoms with E-state index in [-0.39, 0.29) is 24.0 Å². The lowest BCUT2D eigenvalue weighted by molar-refractivity contribution is -0.124. The number of carbonyl (C=O) groups is 2. The number of aldehydes is 1. The molecule has 4 heteroatoms. The van der Waals surface area contributed by atoms with E-state index in [2.05, 4.69) is 6.92 Å². The van der Waals surface area contributed by atoms with Gasteiger partial charge in [0.2, 0.25) is 0 Å². The van der Waals surface area contributed by atoms with Gasteiger partial charge in [-0.05, 0) is 25.2 Å². The first-order valence-corrected chi connectivity index (χ1v) is 8.39. The first kappa shape index (κ1) is 18.3. The summed E-state index contributed by atoms with van der Waals surface area (Å²) in [6.07, 6.45) is 5.65. The van der Waals surface area contributed by atoms with Crippen LogP contribution < -0.4 is 0 Å². The largest absolute Gasteiger partial charge is 0.393 e. The molecule has 5 atom stereocenters. The van der Waals surface area contributed by atoms with Crippen LogP contribution in [-0.2, 0) is 9.59 Å². The molecule has 1 fully saturated rings. The molecule has 1 aliphatic rings. The molecule has 0 aromatic heterocycles. The summed E-state index contributed by atoms with van der Waals surface area (Å²) in [7, 11) is 0. The SMILES string of the molecule is CCCCCC(CC)C(=O)CC[C@@H]1[C@H](C=O)[C@@H](O)C[C@H]1O. The summed E-state index contributed by atoms with van der Waals surface area (Å²) in [5, 5.41) is 19.6. The van der Waals surface area contributed by atoms with E-state index in [0.717, 1.165) is 38.4 Å². The number of carbonyl (C=O) groups excluding carboxylic acids is 2. The van der Waals surface area contributed by atoms with Gasteiger partial charge < -0.3 is 15.0 Å². The highest BCUT2D eigenvalue weighted by Crippen LogP contribution is 2.35. The Morgan fingerprint density at radius 1 is 1.24 bits per heavy atom. The molecular formula is C17H30O4. The average Bonchev–Trinajstić information content (AvgIpc) is 2.74. The fraction of sp³-hybridized carbons (Fsp3) is 0.882. The lowest BCUT2D eigenvalue weighted by atomic mass is 9.86. The van der Waals surface area contributed by atoms with Crippen molar-refractivity contribution in [2.75, 3.05) is 0 Å². The van der Waals surface area contributed by atoms with E-state index in [1.807, 2.05) is 6.92 Å². The van der Waals surface area contributed by atoms with Crippen molar-refractivity contribution in [3.63, 3.8) is 0 Å². The van der Waals surface area contributed by atoms with Crippen LogP contribution in [0.2, 0.25) is 0 Å². The third-order valence-electron chi connectivity index (χ3n) is 4.90. The van der Waals surface area contributed by atoms with E-state index < -0.39 is 18.1 Å². The maximum Gasteiger partial charge on any atom is 0.135 e. The van der Waals surface area contributed by atoms with Crippen LogP contribution in [0.15, 0.2) is 0 Å². The first-order chi connectivity index (χ1) is 10.0. The summed E-state index contributed by atoms with van der Waals surface area (Å²) in [5.74, 6) is -0.441. The Hall–Kier alpha value is -0.740. The fourth-order valence-electron chi connectivity index (χ4n) is 3.44. The number of ketones is 1. The molecule has 0 aromatic rings. The summed E-state index contributed by atoms with van der Waals surface area (Å²) >= 11 is 0. The van der Waals surface area contributed by atoms with Crippen molar-refractivity contribution in [1.82, 2.24) is 0 Å². The van der Waals surface area contributed by atoms with Gasteiger partial charge in [-0.1, -0.05) is 33.1 Å². The molecule has 0 amide bonds. The summed E-state index contributed by atoms with van der Waals surface area (Å²) in [4.78, 5) is 23.3. The van der Waals surface area contributed by atoms with Gasteiger partial charge in [0.1, 0.15) is 12.1 Å². The average molecular weight is 298 g/mol. The van der Waals surface area contributed by atoms with E-state index >= 15 is 0 Å². The van der Waals surface area contributed by atoms with Gasteiger partial charge in [-0.15, -0.1) is 0 Å². The van der Waals surface area contributed by atoms with Gasteiger partial charge in [-0.25, -0.2) is 0 Å². The molecule has 2 N–H and O–H groups in total. The zero-order valence-corrected chi connectivity index (χ0v) is 13.3. The Morgan fingerprint density at radius 3 is 2.52 bits per heavy atom. The van der Waals surface area contributed by atoms with Crippen molar-refractivity contribution in [3.8, 4) is 0 Å². The molecule has 0 aromatic carbocycles. The summed E-state index contributed by atoms with van der Waals surface area (Å²) in [6.45, 7) is 4.19. The number of unbranched alkanes of at least 4 members (excludes halogenated alkanes) is 2.